The van der Waals surface area contributed by atoms with Gasteiger partial charge in [-0.25, -0.2) is 4.39 Å². The third-order valence-corrected chi connectivity index (χ3v) is 3.96. The van der Waals surface area contributed by atoms with Crippen molar-refractivity contribution in [2.45, 2.75) is 12.8 Å². The standard InChI is InChI=1S/C20H18FN/c1-14-12-17(21)13-18(20(14)22)19(15-8-4-2-5-9-15)16-10-6-3-7-11-16/h2-13,19H,22H2,1H3. The number of nitrogens with two attached hydrogens (primary N) is 1. The molecule has 2 heteroatoms. The molecule has 0 unspecified atom stereocenters. The van der Waals surface area contributed by atoms with Gasteiger partial charge in [-0.05, 0) is 41.3 Å². The third-order valence-electron chi connectivity index (χ3n) is 3.96. The molecule has 110 valence electrons. The van der Waals surface area contributed by atoms with Crippen molar-refractivity contribution in [2.24, 2.45) is 0 Å². The van der Waals surface area contributed by atoms with Crippen molar-refractivity contribution in [1.82, 2.24) is 0 Å². The molecule has 0 amide bonds. The smallest absolute Gasteiger partial charge is 0.123 e. The highest BCUT2D eigenvalue weighted by atomic mass is 19.1. The summed E-state index contributed by atoms with van der Waals surface area (Å²) in [7, 11) is 0. The second-order valence-corrected chi connectivity index (χ2v) is 5.48. The summed E-state index contributed by atoms with van der Waals surface area (Å²) in [6, 6.07) is 23.2. The maximum atomic E-state index is 13.9. The van der Waals surface area contributed by atoms with E-state index in [1.807, 2.05) is 43.3 Å². The van der Waals surface area contributed by atoms with Crippen LogP contribution in [0, 0.1) is 12.7 Å². The van der Waals surface area contributed by atoms with Crippen LogP contribution in [0.5, 0.6) is 0 Å². The summed E-state index contributed by atoms with van der Waals surface area (Å²) in [5.41, 5.74) is 10.7. The molecule has 22 heavy (non-hydrogen) atoms. The first-order chi connectivity index (χ1) is 10.7. The third kappa shape index (κ3) is 2.73. The van der Waals surface area contributed by atoms with Crippen LogP contribution < -0.4 is 5.73 Å². The number of anilines is 1. The molecule has 0 heterocycles. The molecule has 3 aromatic carbocycles. The monoisotopic (exact) mass is 291 g/mol. The van der Waals surface area contributed by atoms with Crippen molar-refractivity contribution in [3.05, 3.63) is 101 Å². The molecule has 0 bridgehead atoms. The molecule has 1 nitrogen and oxygen atoms in total. The molecule has 0 aromatic heterocycles. The largest absolute Gasteiger partial charge is 0.398 e. The molecule has 0 aliphatic rings. The highest BCUT2D eigenvalue weighted by Crippen LogP contribution is 2.36. The van der Waals surface area contributed by atoms with Crippen LogP contribution in [0.4, 0.5) is 10.1 Å². The zero-order valence-corrected chi connectivity index (χ0v) is 12.5. The van der Waals surface area contributed by atoms with Crippen LogP contribution in [-0.2, 0) is 0 Å². The van der Waals surface area contributed by atoms with Crippen molar-refractivity contribution in [2.75, 3.05) is 5.73 Å². The van der Waals surface area contributed by atoms with E-state index in [1.54, 1.807) is 6.07 Å². The van der Waals surface area contributed by atoms with Crippen molar-refractivity contribution in [1.29, 1.82) is 0 Å². The zero-order valence-electron chi connectivity index (χ0n) is 12.5. The normalized spacial score (nSPS) is 10.9. The Bertz CT molecular complexity index is 727. The highest BCUT2D eigenvalue weighted by molar-refractivity contribution is 5.60. The van der Waals surface area contributed by atoms with Crippen LogP contribution in [0.15, 0.2) is 72.8 Å². The van der Waals surface area contributed by atoms with Crippen LogP contribution in [0.3, 0.4) is 0 Å². The number of aryl methyl sites for hydroxylation is 1. The van der Waals surface area contributed by atoms with Gasteiger partial charge in [0.2, 0.25) is 0 Å². The number of benzene rings is 3. The van der Waals surface area contributed by atoms with Crippen molar-refractivity contribution in [3.8, 4) is 0 Å². The molecule has 2 N–H and O–H groups in total. The molecular formula is C20H18FN. The van der Waals surface area contributed by atoms with Crippen molar-refractivity contribution >= 4 is 5.69 Å². The van der Waals surface area contributed by atoms with Crippen molar-refractivity contribution in [3.63, 3.8) is 0 Å². The van der Waals surface area contributed by atoms with E-state index in [1.165, 1.54) is 6.07 Å². The number of rotatable bonds is 3. The van der Waals surface area contributed by atoms with Gasteiger partial charge < -0.3 is 5.73 Å². The maximum Gasteiger partial charge on any atom is 0.123 e. The van der Waals surface area contributed by atoms with Gasteiger partial charge in [0.05, 0.1) is 0 Å². The Hall–Kier alpha value is -2.61. The van der Waals surface area contributed by atoms with Gasteiger partial charge in [0.15, 0.2) is 0 Å². The van der Waals surface area contributed by atoms with E-state index in [2.05, 4.69) is 24.3 Å². The molecule has 0 atom stereocenters. The van der Waals surface area contributed by atoms with Gasteiger partial charge >= 0.3 is 0 Å². The second kappa shape index (κ2) is 6.02. The predicted octanol–water partition coefficient (Wildman–Crippen LogP) is 4.90. The summed E-state index contributed by atoms with van der Waals surface area (Å²) in [6.45, 7) is 1.84. The second-order valence-electron chi connectivity index (χ2n) is 5.48. The van der Waals surface area contributed by atoms with E-state index >= 15 is 0 Å². The molecule has 0 radical (unpaired) electrons. The molecule has 0 aliphatic carbocycles. The minimum Gasteiger partial charge on any atom is -0.398 e. The number of halogens is 1. The molecule has 0 saturated carbocycles. The summed E-state index contributed by atoms with van der Waals surface area (Å²) < 4.78 is 13.9. The lowest BCUT2D eigenvalue weighted by Crippen LogP contribution is -2.08. The number of nitrogen functional groups attached to an aromatic ring is 1. The lowest BCUT2D eigenvalue weighted by Gasteiger charge is -2.21. The van der Waals surface area contributed by atoms with E-state index < -0.39 is 0 Å². The van der Waals surface area contributed by atoms with Gasteiger partial charge in [0.1, 0.15) is 5.82 Å². The molecule has 0 spiro atoms. The lowest BCUT2D eigenvalue weighted by molar-refractivity contribution is 0.624. The van der Waals surface area contributed by atoms with E-state index in [4.69, 9.17) is 5.73 Å². The van der Waals surface area contributed by atoms with E-state index in [0.717, 1.165) is 22.3 Å². The summed E-state index contributed by atoms with van der Waals surface area (Å²) in [5, 5.41) is 0. The minimum atomic E-state index is -0.251. The van der Waals surface area contributed by atoms with Gasteiger partial charge in [-0.1, -0.05) is 60.7 Å². The average Bonchev–Trinajstić information content (AvgIpc) is 2.54. The SMILES string of the molecule is Cc1cc(F)cc(C(c2ccccc2)c2ccccc2)c1N. The van der Waals surface area contributed by atoms with E-state index in [-0.39, 0.29) is 11.7 Å². The van der Waals surface area contributed by atoms with Gasteiger partial charge in [0.25, 0.3) is 0 Å². The first-order valence-electron chi connectivity index (χ1n) is 7.32. The quantitative estimate of drug-likeness (QED) is 0.539. The molecule has 3 aromatic rings. The first-order valence-corrected chi connectivity index (χ1v) is 7.32. The first kappa shape index (κ1) is 14.3. The number of hydrogen-bond donors (Lipinski definition) is 1. The molecule has 0 saturated heterocycles. The Balaban J connectivity index is 2.23. The lowest BCUT2D eigenvalue weighted by atomic mass is 9.83. The average molecular weight is 291 g/mol. The summed E-state index contributed by atoms with van der Waals surface area (Å²) in [6.07, 6.45) is 0. The fraction of sp³-hybridized carbons (Fsp3) is 0.100. The van der Waals surface area contributed by atoms with E-state index in [9.17, 15) is 4.39 Å². The molecular weight excluding hydrogens is 273 g/mol. The Morgan fingerprint density at radius 1 is 0.818 bits per heavy atom. The van der Waals surface area contributed by atoms with Crippen LogP contribution >= 0.6 is 0 Å². The summed E-state index contributed by atoms with van der Waals surface area (Å²) in [4.78, 5) is 0. The van der Waals surface area contributed by atoms with Crippen LogP contribution in [0.1, 0.15) is 28.2 Å². The summed E-state index contributed by atoms with van der Waals surface area (Å²) in [5.74, 6) is -0.324. The predicted molar refractivity (Wildman–Crippen MR) is 89.4 cm³/mol. The van der Waals surface area contributed by atoms with Gasteiger partial charge in [-0.15, -0.1) is 0 Å². The number of hydrogen-bond acceptors (Lipinski definition) is 1. The van der Waals surface area contributed by atoms with Gasteiger partial charge in [-0.2, -0.15) is 0 Å². The topological polar surface area (TPSA) is 26.0 Å². The van der Waals surface area contributed by atoms with Gasteiger partial charge in [-0.3, -0.25) is 0 Å². The Morgan fingerprint density at radius 2 is 1.32 bits per heavy atom. The Kier molecular flexibility index (Phi) is 3.92. The van der Waals surface area contributed by atoms with E-state index in [0.29, 0.717) is 5.69 Å². The molecule has 3 rings (SSSR count). The Labute approximate surface area is 130 Å². The molecule has 0 fully saturated rings. The summed E-state index contributed by atoms with van der Waals surface area (Å²) >= 11 is 0. The Morgan fingerprint density at radius 3 is 1.82 bits per heavy atom. The highest BCUT2D eigenvalue weighted by Gasteiger charge is 2.20. The maximum absolute atomic E-state index is 13.9. The van der Waals surface area contributed by atoms with Crippen LogP contribution in [0.2, 0.25) is 0 Å². The van der Waals surface area contributed by atoms with Crippen LogP contribution in [0.25, 0.3) is 0 Å². The fourth-order valence-electron chi connectivity index (χ4n) is 2.86. The van der Waals surface area contributed by atoms with Gasteiger partial charge in [0, 0.05) is 11.6 Å². The van der Waals surface area contributed by atoms with Crippen molar-refractivity contribution < 1.29 is 4.39 Å². The molecule has 0 aliphatic heterocycles. The zero-order chi connectivity index (χ0) is 15.5. The minimum absolute atomic E-state index is 0.0724. The fourth-order valence-corrected chi connectivity index (χ4v) is 2.86. The van der Waals surface area contributed by atoms with Crippen LogP contribution in [-0.4, -0.2) is 0 Å².